The summed E-state index contributed by atoms with van der Waals surface area (Å²) in [6.07, 6.45) is 0. The van der Waals surface area contributed by atoms with Gasteiger partial charge < -0.3 is 10.5 Å². The fourth-order valence-electron chi connectivity index (χ4n) is 1.78. The number of ether oxygens (including phenoxy) is 1. The molecule has 0 aliphatic rings. The van der Waals surface area contributed by atoms with Crippen LogP contribution in [0, 0.1) is 13.8 Å². The molecule has 2 nitrogen and oxygen atoms in total. The van der Waals surface area contributed by atoms with E-state index in [1.807, 2.05) is 44.2 Å². The van der Waals surface area contributed by atoms with Crippen molar-refractivity contribution in [1.82, 2.24) is 0 Å². The average Bonchev–Trinajstić information content (AvgIpc) is 2.25. The first-order chi connectivity index (χ1) is 8.47. The van der Waals surface area contributed by atoms with Gasteiger partial charge in [0.15, 0.2) is 0 Å². The molecule has 0 atom stereocenters. The Kier molecular flexibility index (Phi) is 3.83. The molecule has 4 heteroatoms. The van der Waals surface area contributed by atoms with Gasteiger partial charge in [-0.15, -0.1) is 0 Å². The largest absolute Gasteiger partial charge is 0.455 e. The molecule has 0 bridgehead atoms. The van der Waals surface area contributed by atoms with Crippen molar-refractivity contribution >= 4 is 33.2 Å². The van der Waals surface area contributed by atoms with Crippen LogP contribution in [0.5, 0.6) is 11.5 Å². The molecule has 0 radical (unpaired) electrons. The molecule has 0 fully saturated rings. The number of nitrogens with two attached hydrogens (primary N) is 1. The molecular formula is C14H13BrClNO. The van der Waals surface area contributed by atoms with E-state index in [1.54, 1.807) is 0 Å². The summed E-state index contributed by atoms with van der Waals surface area (Å²) in [7, 11) is 0. The first kappa shape index (κ1) is 13.2. The van der Waals surface area contributed by atoms with Gasteiger partial charge >= 0.3 is 0 Å². The van der Waals surface area contributed by atoms with Gasteiger partial charge in [0.05, 0.1) is 5.69 Å². The van der Waals surface area contributed by atoms with Gasteiger partial charge in [-0.05, 0) is 55.3 Å². The summed E-state index contributed by atoms with van der Waals surface area (Å²) in [5, 5.41) is 0.709. The van der Waals surface area contributed by atoms with Crippen LogP contribution in [-0.4, -0.2) is 0 Å². The Labute approximate surface area is 120 Å². The molecule has 0 aliphatic heterocycles. The first-order valence-corrected chi connectivity index (χ1v) is 6.64. The highest BCUT2D eigenvalue weighted by molar-refractivity contribution is 9.10. The number of nitrogen functional groups attached to an aromatic ring is 1. The van der Waals surface area contributed by atoms with Gasteiger partial charge in [-0.3, -0.25) is 0 Å². The lowest BCUT2D eigenvalue weighted by Gasteiger charge is -2.14. The molecule has 0 amide bonds. The van der Waals surface area contributed by atoms with Crippen molar-refractivity contribution in [3.05, 3.63) is 51.0 Å². The van der Waals surface area contributed by atoms with Gasteiger partial charge in [0.25, 0.3) is 0 Å². The standard InChI is InChI=1S/C14H13BrClNO/c1-8-5-11(16)6-9(2)14(8)18-13-4-3-10(15)7-12(13)17/h3-7H,17H2,1-2H3. The summed E-state index contributed by atoms with van der Waals surface area (Å²) >= 11 is 9.36. The van der Waals surface area contributed by atoms with E-state index in [9.17, 15) is 0 Å². The van der Waals surface area contributed by atoms with Crippen LogP contribution in [0.15, 0.2) is 34.8 Å². The quantitative estimate of drug-likeness (QED) is 0.780. The second kappa shape index (κ2) is 5.21. The molecule has 0 heterocycles. The maximum atomic E-state index is 5.99. The lowest BCUT2D eigenvalue weighted by Crippen LogP contribution is -1.95. The van der Waals surface area contributed by atoms with Crippen LogP contribution in [-0.2, 0) is 0 Å². The lowest BCUT2D eigenvalue weighted by molar-refractivity contribution is 0.477. The van der Waals surface area contributed by atoms with Gasteiger partial charge in [-0.25, -0.2) is 0 Å². The highest BCUT2D eigenvalue weighted by atomic mass is 79.9. The van der Waals surface area contributed by atoms with E-state index in [-0.39, 0.29) is 0 Å². The van der Waals surface area contributed by atoms with Crippen LogP contribution < -0.4 is 10.5 Å². The zero-order valence-electron chi connectivity index (χ0n) is 10.1. The van der Waals surface area contributed by atoms with E-state index >= 15 is 0 Å². The topological polar surface area (TPSA) is 35.2 Å². The summed E-state index contributed by atoms with van der Waals surface area (Å²) in [6.45, 7) is 3.92. The Morgan fingerprint density at radius 2 is 1.72 bits per heavy atom. The fourth-order valence-corrected chi connectivity index (χ4v) is 2.49. The summed E-state index contributed by atoms with van der Waals surface area (Å²) in [5.74, 6) is 1.44. The van der Waals surface area contributed by atoms with Gasteiger partial charge in [0.1, 0.15) is 11.5 Å². The number of rotatable bonds is 2. The number of benzene rings is 2. The maximum absolute atomic E-state index is 5.99. The fraction of sp³-hybridized carbons (Fsp3) is 0.143. The third-order valence-electron chi connectivity index (χ3n) is 2.61. The summed E-state index contributed by atoms with van der Waals surface area (Å²) < 4.78 is 6.80. The SMILES string of the molecule is Cc1cc(Cl)cc(C)c1Oc1ccc(Br)cc1N. The van der Waals surface area contributed by atoms with Gasteiger partial charge in [-0.2, -0.15) is 0 Å². The molecule has 0 saturated heterocycles. The molecule has 94 valence electrons. The first-order valence-electron chi connectivity index (χ1n) is 5.47. The molecule has 0 aromatic heterocycles. The Morgan fingerprint density at radius 3 is 2.28 bits per heavy atom. The third-order valence-corrected chi connectivity index (χ3v) is 3.32. The predicted molar refractivity (Wildman–Crippen MR) is 79.6 cm³/mol. The highest BCUT2D eigenvalue weighted by Crippen LogP contribution is 2.34. The van der Waals surface area contributed by atoms with Crippen molar-refractivity contribution in [3.63, 3.8) is 0 Å². The van der Waals surface area contributed by atoms with E-state index in [1.165, 1.54) is 0 Å². The van der Waals surface area contributed by atoms with Crippen LogP contribution in [0.2, 0.25) is 5.02 Å². The van der Waals surface area contributed by atoms with Crippen LogP contribution in [0.1, 0.15) is 11.1 Å². The van der Waals surface area contributed by atoms with E-state index in [0.717, 1.165) is 21.3 Å². The van der Waals surface area contributed by atoms with E-state index in [2.05, 4.69) is 15.9 Å². The minimum Gasteiger partial charge on any atom is -0.455 e. The van der Waals surface area contributed by atoms with Crippen molar-refractivity contribution in [2.45, 2.75) is 13.8 Å². The zero-order chi connectivity index (χ0) is 13.3. The highest BCUT2D eigenvalue weighted by Gasteiger charge is 2.09. The van der Waals surface area contributed by atoms with E-state index in [4.69, 9.17) is 22.1 Å². The lowest BCUT2D eigenvalue weighted by atomic mass is 10.1. The summed E-state index contributed by atoms with van der Waals surface area (Å²) in [4.78, 5) is 0. The zero-order valence-corrected chi connectivity index (χ0v) is 12.5. The monoisotopic (exact) mass is 325 g/mol. The Morgan fingerprint density at radius 1 is 1.11 bits per heavy atom. The second-order valence-corrected chi connectivity index (χ2v) is 5.51. The van der Waals surface area contributed by atoms with Gasteiger partial charge in [0.2, 0.25) is 0 Å². The number of hydrogen-bond donors (Lipinski definition) is 1. The molecule has 0 saturated carbocycles. The van der Waals surface area contributed by atoms with Crippen molar-refractivity contribution in [1.29, 1.82) is 0 Å². The summed E-state index contributed by atoms with van der Waals surface area (Å²) in [5.41, 5.74) is 8.49. The van der Waals surface area contributed by atoms with Gasteiger partial charge in [-0.1, -0.05) is 27.5 Å². The molecule has 0 unspecified atom stereocenters. The van der Waals surface area contributed by atoms with Crippen LogP contribution in [0.25, 0.3) is 0 Å². The molecular weight excluding hydrogens is 314 g/mol. The number of hydrogen-bond acceptors (Lipinski definition) is 2. The Balaban J connectivity index is 2.40. The molecule has 2 aromatic rings. The third kappa shape index (κ3) is 2.79. The minimum atomic E-state index is 0.595. The van der Waals surface area contributed by atoms with Crippen LogP contribution in [0.3, 0.4) is 0 Å². The molecule has 0 aliphatic carbocycles. The second-order valence-electron chi connectivity index (χ2n) is 4.15. The number of halogens is 2. The van der Waals surface area contributed by atoms with Crippen LogP contribution in [0.4, 0.5) is 5.69 Å². The van der Waals surface area contributed by atoms with Crippen molar-refractivity contribution in [3.8, 4) is 11.5 Å². The maximum Gasteiger partial charge on any atom is 0.150 e. The number of anilines is 1. The van der Waals surface area contributed by atoms with Crippen molar-refractivity contribution < 1.29 is 4.74 Å². The predicted octanol–water partition coefficient (Wildman–Crippen LogP) is 5.09. The average molecular weight is 327 g/mol. The van der Waals surface area contributed by atoms with E-state index < -0.39 is 0 Å². The minimum absolute atomic E-state index is 0.595. The van der Waals surface area contributed by atoms with Crippen molar-refractivity contribution in [2.75, 3.05) is 5.73 Å². The Hall–Kier alpha value is -1.19. The normalized spacial score (nSPS) is 10.4. The molecule has 18 heavy (non-hydrogen) atoms. The Bertz CT molecular complexity index is 575. The van der Waals surface area contributed by atoms with Crippen molar-refractivity contribution in [2.24, 2.45) is 0 Å². The summed E-state index contributed by atoms with van der Waals surface area (Å²) in [6, 6.07) is 9.30. The molecule has 2 N–H and O–H groups in total. The molecule has 2 aromatic carbocycles. The smallest absolute Gasteiger partial charge is 0.150 e. The van der Waals surface area contributed by atoms with E-state index in [0.29, 0.717) is 16.5 Å². The van der Waals surface area contributed by atoms with Crippen LogP contribution >= 0.6 is 27.5 Å². The van der Waals surface area contributed by atoms with Gasteiger partial charge in [0, 0.05) is 9.50 Å². The number of aryl methyl sites for hydroxylation is 2. The molecule has 2 rings (SSSR count). The molecule has 0 spiro atoms.